The number of hydrogen-bond donors (Lipinski definition) is 1. The Hall–Kier alpha value is -0.0800. The van der Waals surface area contributed by atoms with Crippen LogP contribution in [0.15, 0.2) is 0 Å². The molecule has 3 aliphatic rings. The molecule has 3 fully saturated rings. The summed E-state index contributed by atoms with van der Waals surface area (Å²) < 4.78 is 5.85. The molecule has 3 saturated carbocycles. The minimum Gasteiger partial charge on any atom is -0.378 e. The molecule has 2 nitrogen and oxygen atoms in total. The molecule has 0 saturated heterocycles. The Morgan fingerprint density at radius 2 is 1.70 bits per heavy atom. The molecule has 1 N–H and O–H groups in total. The van der Waals surface area contributed by atoms with Crippen LogP contribution in [0.25, 0.3) is 0 Å². The number of hydrogen-bond acceptors (Lipinski definition) is 2. The average Bonchev–Trinajstić information content (AvgIpc) is 2.88. The maximum absolute atomic E-state index is 5.85. The summed E-state index contributed by atoms with van der Waals surface area (Å²) in [6, 6.07) is 1.44. The lowest BCUT2D eigenvalue weighted by atomic mass is 9.63. The number of nitrogens with one attached hydrogen (secondary N) is 1. The lowest BCUT2D eigenvalue weighted by Gasteiger charge is -2.53. The van der Waals surface area contributed by atoms with Crippen molar-refractivity contribution in [3.63, 3.8) is 0 Å². The number of rotatable bonds is 4. The van der Waals surface area contributed by atoms with Crippen LogP contribution in [0, 0.1) is 10.8 Å². The normalized spacial score (nSPS) is 36.1. The van der Waals surface area contributed by atoms with Crippen molar-refractivity contribution in [3.8, 4) is 0 Å². The lowest BCUT2D eigenvalue weighted by Crippen LogP contribution is -2.63. The molecule has 116 valence electrons. The second-order valence-electron chi connectivity index (χ2n) is 8.20. The summed E-state index contributed by atoms with van der Waals surface area (Å²) in [6.45, 7) is 7.71. The maximum Gasteiger partial charge on any atom is 0.0655 e. The van der Waals surface area contributed by atoms with Gasteiger partial charge >= 0.3 is 0 Å². The second-order valence-corrected chi connectivity index (χ2v) is 8.20. The Bertz CT molecular complexity index is 322. The van der Waals surface area contributed by atoms with Gasteiger partial charge in [-0.3, -0.25) is 0 Å². The second kappa shape index (κ2) is 5.61. The van der Waals surface area contributed by atoms with E-state index in [1.54, 1.807) is 0 Å². The summed E-state index contributed by atoms with van der Waals surface area (Å²) in [5, 5.41) is 3.96. The minimum atomic E-state index is 0.318. The third-order valence-corrected chi connectivity index (χ3v) is 6.69. The van der Waals surface area contributed by atoms with Gasteiger partial charge in [-0.2, -0.15) is 0 Å². The van der Waals surface area contributed by atoms with Gasteiger partial charge in [0.05, 0.1) is 6.10 Å². The summed E-state index contributed by atoms with van der Waals surface area (Å²) in [5.41, 5.74) is 1.08. The molecule has 0 amide bonds. The Labute approximate surface area is 125 Å². The van der Waals surface area contributed by atoms with Crippen LogP contribution in [0.4, 0.5) is 0 Å². The Morgan fingerprint density at radius 1 is 1.05 bits per heavy atom. The predicted octanol–water partition coefficient (Wildman–Crippen LogP) is 4.28. The van der Waals surface area contributed by atoms with E-state index in [0.29, 0.717) is 17.6 Å². The van der Waals surface area contributed by atoms with Gasteiger partial charge in [0.15, 0.2) is 0 Å². The van der Waals surface area contributed by atoms with Crippen molar-refractivity contribution in [2.24, 2.45) is 10.8 Å². The van der Waals surface area contributed by atoms with Crippen molar-refractivity contribution < 1.29 is 4.74 Å². The summed E-state index contributed by atoms with van der Waals surface area (Å²) in [6.07, 6.45) is 13.5. The van der Waals surface area contributed by atoms with E-state index >= 15 is 0 Å². The first-order chi connectivity index (χ1) is 9.56. The van der Waals surface area contributed by atoms with Gasteiger partial charge in [-0.1, -0.05) is 26.7 Å². The third kappa shape index (κ3) is 2.66. The standard InChI is InChI=1S/C18H33NO/c1-4-20-16-13-15(17(16,2)3)19-14-7-11-18(12-8-14)9-5-6-10-18/h14-16,19H,4-13H2,1-3H3. The monoisotopic (exact) mass is 279 g/mol. The van der Waals surface area contributed by atoms with Crippen LogP contribution in [0.3, 0.4) is 0 Å². The lowest BCUT2D eigenvalue weighted by molar-refractivity contribution is -0.117. The molecule has 0 aromatic heterocycles. The van der Waals surface area contributed by atoms with Crippen LogP contribution in [0.5, 0.6) is 0 Å². The summed E-state index contributed by atoms with van der Waals surface area (Å²) >= 11 is 0. The highest BCUT2D eigenvalue weighted by Crippen LogP contribution is 2.50. The van der Waals surface area contributed by atoms with Gasteiger partial charge in [0.1, 0.15) is 0 Å². The molecule has 0 bridgehead atoms. The highest BCUT2D eigenvalue weighted by Gasteiger charge is 2.49. The zero-order chi connectivity index (χ0) is 14.2. The van der Waals surface area contributed by atoms with Gasteiger partial charge in [-0.25, -0.2) is 0 Å². The van der Waals surface area contributed by atoms with Crippen LogP contribution in [0.1, 0.15) is 78.6 Å². The molecule has 20 heavy (non-hydrogen) atoms. The van der Waals surface area contributed by atoms with Crippen LogP contribution in [-0.2, 0) is 4.74 Å². The molecular weight excluding hydrogens is 246 g/mol. The van der Waals surface area contributed by atoms with Crippen molar-refractivity contribution in [1.29, 1.82) is 0 Å². The molecule has 0 aromatic rings. The van der Waals surface area contributed by atoms with Gasteiger partial charge in [0, 0.05) is 24.1 Å². The molecule has 3 aliphatic carbocycles. The van der Waals surface area contributed by atoms with E-state index in [0.717, 1.165) is 18.1 Å². The van der Waals surface area contributed by atoms with E-state index < -0.39 is 0 Å². The fourth-order valence-corrected chi connectivity index (χ4v) is 4.96. The minimum absolute atomic E-state index is 0.318. The van der Waals surface area contributed by atoms with Crippen molar-refractivity contribution in [2.45, 2.75) is 96.7 Å². The molecule has 0 radical (unpaired) electrons. The molecule has 2 atom stereocenters. The van der Waals surface area contributed by atoms with E-state index in [9.17, 15) is 0 Å². The quantitative estimate of drug-likeness (QED) is 0.829. The average molecular weight is 279 g/mol. The highest BCUT2D eigenvalue weighted by molar-refractivity contribution is 5.04. The highest BCUT2D eigenvalue weighted by atomic mass is 16.5. The van der Waals surface area contributed by atoms with Gasteiger partial charge in [-0.05, 0) is 57.3 Å². The largest absolute Gasteiger partial charge is 0.378 e. The molecule has 2 heteroatoms. The predicted molar refractivity (Wildman–Crippen MR) is 83.9 cm³/mol. The molecular formula is C18H33NO. The van der Waals surface area contributed by atoms with Gasteiger partial charge < -0.3 is 10.1 Å². The van der Waals surface area contributed by atoms with Gasteiger partial charge in [0.25, 0.3) is 0 Å². The fourth-order valence-electron chi connectivity index (χ4n) is 4.96. The van der Waals surface area contributed by atoms with E-state index in [4.69, 9.17) is 4.74 Å². The summed E-state index contributed by atoms with van der Waals surface area (Å²) in [7, 11) is 0. The molecule has 0 aliphatic heterocycles. The number of ether oxygens (including phenoxy) is 1. The van der Waals surface area contributed by atoms with Crippen molar-refractivity contribution in [2.75, 3.05) is 6.61 Å². The van der Waals surface area contributed by atoms with Gasteiger partial charge in [-0.15, -0.1) is 0 Å². The fraction of sp³-hybridized carbons (Fsp3) is 1.00. The Balaban J connectivity index is 1.46. The first kappa shape index (κ1) is 14.8. The third-order valence-electron chi connectivity index (χ3n) is 6.69. The Morgan fingerprint density at radius 3 is 2.25 bits per heavy atom. The molecule has 3 rings (SSSR count). The zero-order valence-electron chi connectivity index (χ0n) is 13.7. The van der Waals surface area contributed by atoms with E-state index in [-0.39, 0.29) is 0 Å². The molecule has 0 aromatic carbocycles. The zero-order valence-corrected chi connectivity index (χ0v) is 13.7. The van der Waals surface area contributed by atoms with E-state index in [2.05, 4.69) is 26.1 Å². The van der Waals surface area contributed by atoms with Crippen molar-refractivity contribution >= 4 is 0 Å². The first-order valence-corrected chi connectivity index (χ1v) is 8.93. The molecule has 0 heterocycles. The van der Waals surface area contributed by atoms with E-state index in [1.165, 1.54) is 57.8 Å². The SMILES string of the molecule is CCOC1CC(NC2CCC3(CCCC3)CC2)C1(C)C. The van der Waals surface area contributed by atoms with Crippen LogP contribution in [0.2, 0.25) is 0 Å². The summed E-state index contributed by atoms with van der Waals surface area (Å²) in [4.78, 5) is 0. The molecule has 2 unspecified atom stereocenters. The first-order valence-electron chi connectivity index (χ1n) is 8.93. The Kier molecular flexibility index (Phi) is 4.16. The van der Waals surface area contributed by atoms with Crippen LogP contribution < -0.4 is 5.32 Å². The smallest absolute Gasteiger partial charge is 0.0655 e. The maximum atomic E-state index is 5.85. The van der Waals surface area contributed by atoms with Crippen LogP contribution in [-0.4, -0.2) is 24.8 Å². The van der Waals surface area contributed by atoms with E-state index in [1.807, 2.05) is 0 Å². The molecule has 1 spiro atoms. The van der Waals surface area contributed by atoms with Crippen molar-refractivity contribution in [3.05, 3.63) is 0 Å². The topological polar surface area (TPSA) is 21.3 Å². The van der Waals surface area contributed by atoms with Crippen molar-refractivity contribution in [1.82, 2.24) is 5.32 Å². The van der Waals surface area contributed by atoms with Gasteiger partial charge in [0.2, 0.25) is 0 Å². The van der Waals surface area contributed by atoms with Crippen LogP contribution >= 0.6 is 0 Å². The summed E-state index contributed by atoms with van der Waals surface area (Å²) in [5.74, 6) is 0.